The Bertz CT molecular complexity index is 49.4. The summed E-state index contributed by atoms with van der Waals surface area (Å²) < 4.78 is 0. The van der Waals surface area contributed by atoms with Crippen molar-refractivity contribution < 1.29 is 5.11 Å². The highest BCUT2D eigenvalue weighted by Gasteiger charge is 1.56. The van der Waals surface area contributed by atoms with Crippen molar-refractivity contribution in [3.8, 4) is 5.40 Å². The number of thiol groups is 1. The van der Waals surface area contributed by atoms with Gasteiger partial charge in [-0.25, -0.2) is 0 Å². The molecule has 0 atom stereocenters. The van der Waals surface area contributed by atoms with Crippen LogP contribution in [0.4, 0.5) is 0 Å². The number of rotatable bonds is 1. The number of hydrogen-bond donors (Lipinski definition) is 3. The molecule has 4 heteroatoms. The van der Waals surface area contributed by atoms with Gasteiger partial charge in [-0.05, 0) is 0 Å². The highest BCUT2D eigenvalue weighted by Crippen LogP contribution is 1.46. The lowest BCUT2D eigenvalue weighted by Crippen LogP contribution is -2.02. The molecule has 0 aliphatic rings. The minimum Gasteiger partial charge on any atom is -0.395 e. The molecule has 0 aromatic rings. The van der Waals surface area contributed by atoms with Gasteiger partial charge in [0.05, 0.1) is 6.61 Å². The topological polar surface area (TPSA) is 70.0 Å². The first kappa shape index (κ1) is 9.90. The second-order valence-electron chi connectivity index (χ2n) is 0.612. The van der Waals surface area contributed by atoms with Crippen LogP contribution in [0.2, 0.25) is 0 Å². The fourth-order valence-electron chi connectivity index (χ4n) is 0. The molecule has 0 heterocycles. The second kappa shape index (κ2) is 17.1. The number of nitrogens with zero attached hydrogens (tertiary/aromatic N) is 1. The molecule has 0 saturated heterocycles. The highest BCUT2D eigenvalue weighted by molar-refractivity contribution is 7.85. The van der Waals surface area contributed by atoms with E-state index in [1.165, 1.54) is 5.40 Å². The summed E-state index contributed by atoms with van der Waals surface area (Å²) in [7, 11) is 0. The smallest absolute Gasteiger partial charge is 0.130 e. The minimum atomic E-state index is 0.0972. The molecule has 3 nitrogen and oxygen atoms in total. The van der Waals surface area contributed by atoms with E-state index >= 15 is 0 Å². The third-order valence-corrected chi connectivity index (χ3v) is 0.129. The van der Waals surface area contributed by atoms with Crippen molar-refractivity contribution in [3.63, 3.8) is 0 Å². The van der Waals surface area contributed by atoms with Crippen molar-refractivity contribution in [1.29, 1.82) is 5.26 Å². The number of hydrogen-bond acceptors (Lipinski definition) is 4. The Morgan fingerprint density at radius 1 is 1.86 bits per heavy atom. The standard InChI is InChI=1S/C2H7NO.CHNS/c3-1-2-4;2-1-3/h4H,1-3H2;3H. The van der Waals surface area contributed by atoms with E-state index in [0.717, 1.165) is 0 Å². The van der Waals surface area contributed by atoms with Crippen LogP contribution in [0.5, 0.6) is 0 Å². The van der Waals surface area contributed by atoms with Crippen molar-refractivity contribution in [1.82, 2.24) is 0 Å². The zero-order valence-corrected chi connectivity index (χ0v) is 4.73. The van der Waals surface area contributed by atoms with E-state index in [-0.39, 0.29) is 6.61 Å². The zero-order valence-electron chi connectivity index (χ0n) is 3.83. The zero-order chi connectivity index (χ0) is 6.12. The average molecular weight is 120 g/mol. The van der Waals surface area contributed by atoms with E-state index in [1.807, 2.05) is 0 Å². The predicted molar refractivity (Wildman–Crippen MR) is 30.7 cm³/mol. The summed E-state index contributed by atoms with van der Waals surface area (Å²) in [6, 6.07) is 0. The number of thiocyanates is 1. The molecule has 0 aliphatic carbocycles. The Labute approximate surface area is 48.2 Å². The van der Waals surface area contributed by atoms with Gasteiger partial charge in [0.15, 0.2) is 0 Å². The van der Waals surface area contributed by atoms with Gasteiger partial charge in [0.1, 0.15) is 5.40 Å². The van der Waals surface area contributed by atoms with E-state index in [9.17, 15) is 0 Å². The maximum Gasteiger partial charge on any atom is 0.130 e. The maximum absolute atomic E-state index is 7.75. The van der Waals surface area contributed by atoms with Crippen LogP contribution in [-0.2, 0) is 0 Å². The van der Waals surface area contributed by atoms with Gasteiger partial charge in [0.2, 0.25) is 0 Å². The molecular formula is C3H8N2OS. The van der Waals surface area contributed by atoms with Crippen molar-refractivity contribution in [2.24, 2.45) is 5.73 Å². The van der Waals surface area contributed by atoms with Gasteiger partial charge >= 0.3 is 0 Å². The average Bonchev–Trinajstić information content (AvgIpc) is 1.69. The molecule has 42 valence electrons. The van der Waals surface area contributed by atoms with Gasteiger partial charge in [0.25, 0.3) is 0 Å². The molecule has 0 aromatic heterocycles. The molecule has 0 saturated carbocycles. The lowest BCUT2D eigenvalue weighted by molar-refractivity contribution is 0.306. The first-order valence-corrected chi connectivity index (χ1v) is 2.12. The normalized spacial score (nSPS) is 5.43. The molecule has 0 unspecified atom stereocenters. The molecule has 0 bridgehead atoms. The Morgan fingerprint density at radius 2 is 2.00 bits per heavy atom. The van der Waals surface area contributed by atoms with E-state index in [1.54, 1.807) is 0 Å². The van der Waals surface area contributed by atoms with E-state index < -0.39 is 0 Å². The molecule has 0 rings (SSSR count). The molecule has 3 N–H and O–H groups in total. The van der Waals surface area contributed by atoms with Crippen LogP contribution in [0.15, 0.2) is 0 Å². The third kappa shape index (κ3) is 141. The lowest BCUT2D eigenvalue weighted by Gasteiger charge is -1.71. The fraction of sp³-hybridized carbons (Fsp3) is 0.667. The summed E-state index contributed by atoms with van der Waals surface area (Å²) in [6.45, 7) is 0.472. The first-order valence-electron chi connectivity index (χ1n) is 1.67. The molecule has 0 aliphatic heterocycles. The Kier molecular flexibility index (Phi) is 24.2. The van der Waals surface area contributed by atoms with E-state index in [2.05, 4.69) is 12.6 Å². The third-order valence-electron chi connectivity index (χ3n) is 0.129. The van der Waals surface area contributed by atoms with Crippen LogP contribution in [0.3, 0.4) is 0 Å². The summed E-state index contributed by atoms with van der Waals surface area (Å²) in [6.07, 6.45) is 0. The quantitative estimate of drug-likeness (QED) is 0.317. The molecule has 0 spiro atoms. The van der Waals surface area contributed by atoms with Crippen LogP contribution in [0.25, 0.3) is 0 Å². The second-order valence-corrected chi connectivity index (χ2v) is 0.812. The summed E-state index contributed by atoms with van der Waals surface area (Å²) in [5.41, 5.74) is 4.78. The molecule has 0 aromatic carbocycles. The van der Waals surface area contributed by atoms with Crippen LogP contribution >= 0.6 is 12.6 Å². The van der Waals surface area contributed by atoms with Crippen LogP contribution in [0, 0.1) is 10.7 Å². The van der Waals surface area contributed by atoms with Gasteiger partial charge in [-0.15, -0.1) is 0 Å². The number of nitriles is 1. The SMILES string of the molecule is N#CS.NCCO. The van der Waals surface area contributed by atoms with Gasteiger partial charge in [-0.3, -0.25) is 0 Å². The Balaban J connectivity index is 0. The fourth-order valence-corrected chi connectivity index (χ4v) is 0. The lowest BCUT2D eigenvalue weighted by atomic mass is 10.8. The Hall–Kier alpha value is -0.240. The van der Waals surface area contributed by atoms with Crippen molar-refractivity contribution in [2.45, 2.75) is 0 Å². The van der Waals surface area contributed by atoms with Crippen molar-refractivity contribution in [2.75, 3.05) is 13.2 Å². The van der Waals surface area contributed by atoms with Crippen molar-refractivity contribution in [3.05, 3.63) is 0 Å². The monoisotopic (exact) mass is 120 g/mol. The van der Waals surface area contributed by atoms with Gasteiger partial charge in [0, 0.05) is 6.54 Å². The van der Waals surface area contributed by atoms with Crippen LogP contribution in [-0.4, -0.2) is 18.3 Å². The first-order chi connectivity index (χ1) is 3.33. The highest BCUT2D eigenvalue weighted by atomic mass is 32.1. The molecule has 0 fully saturated rings. The molecule has 7 heavy (non-hydrogen) atoms. The van der Waals surface area contributed by atoms with Crippen LogP contribution in [0.1, 0.15) is 0 Å². The number of nitrogens with two attached hydrogens (primary N) is 1. The predicted octanol–water partition coefficient (Wildman–Crippen LogP) is -0.665. The van der Waals surface area contributed by atoms with Gasteiger partial charge in [-0.1, -0.05) is 12.6 Å². The van der Waals surface area contributed by atoms with E-state index in [4.69, 9.17) is 16.1 Å². The maximum atomic E-state index is 7.75. The van der Waals surface area contributed by atoms with E-state index in [0.29, 0.717) is 6.54 Å². The van der Waals surface area contributed by atoms with Crippen LogP contribution < -0.4 is 5.73 Å². The summed E-state index contributed by atoms with van der Waals surface area (Å²) in [5, 5.41) is 16.4. The van der Waals surface area contributed by atoms with Gasteiger partial charge in [-0.2, -0.15) is 5.26 Å². The molecule has 0 amide bonds. The summed E-state index contributed by atoms with van der Waals surface area (Å²) >= 11 is 3.09. The molecule has 0 radical (unpaired) electrons. The number of aliphatic hydroxyl groups is 1. The molecular weight excluding hydrogens is 112 g/mol. The summed E-state index contributed by atoms with van der Waals surface area (Å²) in [5.74, 6) is 0. The minimum absolute atomic E-state index is 0.0972. The summed E-state index contributed by atoms with van der Waals surface area (Å²) in [4.78, 5) is 0. The largest absolute Gasteiger partial charge is 0.395 e. The van der Waals surface area contributed by atoms with Gasteiger partial charge < -0.3 is 10.8 Å². The van der Waals surface area contributed by atoms with Crippen molar-refractivity contribution >= 4 is 12.6 Å². The Morgan fingerprint density at radius 3 is 2.00 bits per heavy atom. The number of aliphatic hydroxyl groups excluding tert-OH is 1.